The average molecular weight is 335 g/mol. The van der Waals surface area contributed by atoms with E-state index >= 15 is 0 Å². The minimum Gasteiger partial charge on any atom is -0.494 e. The number of benzene rings is 2. The number of pyridine rings is 1. The highest BCUT2D eigenvalue weighted by atomic mass is 16.5. The van der Waals surface area contributed by atoms with Crippen LogP contribution in [0.1, 0.15) is 26.7 Å². The molecule has 0 spiro atoms. The monoisotopic (exact) mass is 335 g/mol. The number of rotatable bonds is 6. The smallest absolute Gasteiger partial charge is 0.197 e. The molecule has 0 unspecified atom stereocenters. The molecule has 0 fully saturated rings. The molecule has 1 aromatic heterocycles. The molecule has 0 aliphatic rings. The molecular weight excluding hydrogens is 314 g/mol. The van der Waals surface area contributed by atoms with Crippen molar-refractivity contribution in [2.24, 2.45) is 0 Å². The SMILES string of the molecule is C#COc1ccc2c(=O)c3ccc(OCC)cc3n(CCCC)c2c1. The Morgan fingerprint density at radius 3 is 2.28 bits per heavy atom. The lowest BCUT2D eigenvalue weighted by Crippen LogP contribution is -2.12. The third-order valence-corrected chi connectivity index (χ3v) is 4.23. The van der Waals surface area contributed by atoms with E-state index in [1.165, 1.54) is 0 Å². The van der Waals surface area contributed by atoms with Crippen molar-refractivity contribution in [3.05, 3.63) is 46.6 Å². The molecule has 0 atom stereocenters. The normalized spacial score (nSPS) is 10.8. The fraction of sp³-hybridized carbons (Fsp3) is 0.286. The number of fused-ring (bicyclic) bond motifs is 2. The zero-order chi connectivity index (χ0) is 17.8. The van der Waals surface area contributed by atoms with E-state index in [1.54, 1.807) is 12.1 Å². The van der Waals surface area contributed by atoms with Gasteiger partial charge in [-0.3, -0.25) is 4.79 Å². The van der Waals surface area contributed by atoms with E-state index in [0.717, 1.165) is 36.2 Å². The Hall–Kier alpha value is -2.93. The second kappa shape index (κ2) is 7.31. The van der Waals surface area contributed by atoms with Crippen molar-refractivity contribution >= 4 is 21.8 Å². The summed E-state index contributed by atoms with van der Waals surface area (Å²) in [4.78, 5) is 12.9. The first-order valence-electron chi connectivity index (χ1n) is 8.55. The fourth-order valence-corrected chi connectivity index (χ4v) is 3.07. The Morgan fingerprint density at radius 1 is 1.04 bits per heavy atom. The molecule has 3 aromatic rings. The van der Waals surface area contributed by atoms with Gasteiger partial charge in [-0.1, -0.05) is 19.8 Å². The van der Waals surface area contributed by atoms with Gasteiger partial charge in [0.2, 0.25) is 0 Å². The van der Waals surface area contributed by atoms with Crippen LogP contribution in [-0.2, 0) is 6.54 Å². The molecular formula is C21H21NO3. The van der Waals surface area contributed by atoms with Gasteiger partial charge in [-0.15, -0.1) is 0 Å². The van der Waals surface area contributed by atoms with Crippen molar-refractivity contribution in [1.29, 1.82) is 0 Å². The van der Waals surface area contributed by atoms with Crippen LogP contribution >= 0.6 is 0 Å². The van der Waals surface area contributed by atoms with Crippen molar-refractivity contribution in [1.82, 2.24) is 4.57 Å². The number of nitrogens with zero attached hydrogens (tertiary/aromatic N) is 1. The summed E-state index contributed by atoms with van der Waals surface area (Å²) in [5.74, 6) is 1.31. The molecule has 0 radical (unpaired) electrons. The van der Waals surface area contributed by atoms with Gasteiger partial charge in [-0.05, 0) is 37.6 Å². The van der Waals surface area contributed by atoms with Crippen molar-refractivity contribution in [2.75, 3.05) is 6.61 Å². The van der Waals surface area contributed by atoms with Gasteiger partial charge in [0.15, 0.2) is 5.43 Å². The number of hydrogen-bond donors (Lipinski definition) is 0. The number of hydrogen-bond acceptors (Lipinski definition) is 3. The topological polar surface area (TPSA) is 40.5 Å². The first kappa shape index (κ1) is 16.9. The third kappa shape index (κ3) is 3.18. The zero-order valence-corrected chi connectivity index (χ0v) is 14.5. The van der Waals surface area contributed by atoms with Gasteiger partial charge in [0.25, 0.3) is 0 Å². The summed E-state index contributed by atoms with van der Waals surface area (Å²) in [6, 6.07) is 11.0. The van der Waals surface area contributed by atoms with Crippen LogP contribution < -0.4 is 14.9 Å². The maximum absolute atomic E-state index is 12.9. The second-order valence-corrected chi connectivity index (χ2v) is 5.85. The average Bonchev–Trinajstić information content (AvgIpc) is 2.62. The largest absolute Gasteiger partial charge is 0.494 e. The molecule has 0 amide bonds. The lowest BCUT2D eigenvalue weighted by Gasteiger charge is -2.16. The molecule has 0 N–H and O–H groups in total. The lowest BCUT2D eigenvalue weighted by molar-refractivity contribution is 0.340. The van der Waals surface area contributed by atoms with Crippen LogP contribution in [0.25, 0.3) is 21.8 Å². The predicted octanol–water partition coefficient (Wildman–Crippen LogP) is 4.32. The first-order valence-corrected chi connectivity index (χ1v) is 8.55. The van der Waals surface area contributed by atoms with Gasteiger partial charge in [0, 0.05) is 29.4 Å². The van der Waals surface area contributed by atoms with Gasteiger partial charge in [-0.25, -0.2) is 0 Å². The molecule has 25 heavy (non-hydrogen) atoms. The molecule has 2 aromatic carbocycles. The molecule has 0 aliphatic heterocycles. The van der Waals surface area contributed by atoms with Gasteiger partial charge < -0.3 is 14.0 Å². The highest BCUT2D eigenvalue weighted by Crippen LogP contribution is 2.26. The maximum Gasteiger partial charge on any atom is 0.197 e. The molecule has 0 aliphatic carbocycles. The number of ether oxygens (including phenoxy) is 2. The highest BCUT2D eigenvalue weighted by Gasteiger charge is 2.12. The summed E-state index contributed by atoms with van der Waals surface area (Å²) in [6.07, 6.45) is 9.48. The van der Waals surface area contributed by atoms with Crippen molar-refractivity contribution in [3.8, 4) is 24.0 Å². The Bertz CT molecular complexity index is 1010. The number of terminal acetylenes is 1. The van der Waals surface area contributed by atoms with Crippen LogP contribution in [-0.4, -0.2) is 11.2 Å². The quantitative estimate of drug-likeness (QED) is 0.497. The van der Waals surface area contributed by atoms with E-state index in [1.807, 2.05) is 31.2 Å². The van der Waals surface area contributed by atoms with Gasteiger partial charge in [0.1, 0.15) is 17.6 Å². The summed E-state index contributed by atoms with van der Waals surface area (Å²) in [5, 5.41) is 1.36. The fourth-order valence-electron chi connectivity index (χ4n) is 3.07. The van der Waals surface area contributed by atoms with Crippen LogP contribution in [0.4, 0.5) is 0 Å². The summed E-state index contributed by atoms with van der Waals surface area (Å²) in [7, 11) is 0. The second-order valence-electron chi connectivity index (χ2n) is 5.85. The highest BCUT2D eigenvalue weighted by molar-refractivity contribution is 5.94. The van der Waals surface area contributed by atoms with Gasteiger partial charge in [-0.2, -0.15) is 0 Å². The zero-order valence-electron chi connectivity index (χ0n) is 14.5. The van der Waals surface area contributed by atoms with Crippen molar-refractivity contribution < 1.29 is 9.47 Å². The molecule has 0 saturated heterocycles. The van der Waals surface area contributed by atoms with Crippen LogP contribution in [0.2, 0.25) is 0 Å². The minimum absolute atomic E-state index is 0.00746. The predicted molar refractivity (Wildman–Crippen MR) is 101 cm³/mol. The van der Waals surface area contributed by atoms with Crippen LogP contribution in [0.5, 0.6) is 11.5 Å². The van der Waals surface area contributed by atoms with E-state index in [2.05, 4.69) is 17.6 Å². The Balaban J connectivity index is 2.36. The van der Waals surface area contributed by atoms with Gasteiger partial charge >= 0.3 is 0 Å². The van der Waals surface area contributed by atoms with Crippen molar-refractivity contribution in [3.63, 3.8) is 0 Å². The number of aryl methyl sites for hydroxylation is 1. The molecule has 1 heterocycles. The van der Waals surface area contributed by atoms with Crippen molar-refractivity contribution in [2.45, 2.75) is 33.2 Å². The number of aromatic nitrogens is 1. The van der Waals surface area contributed by atoms with Crippen LogP contribution in [0, 0.1) is 12.5 Å². The summed E-state index contributed by atoms with van der Waals surface area (Å²) >= 11 is 0. The molecule has 4 heteroatoms. The summed E-state index contributed by atoms with van der Waals surface area (Å²) in [5.41, 5.74) is 1.70. The maximum atomic E-state index is 12.9. The molecule has 0 saturated carbocycles. The summed E-state index contributed by atoms with van der Waals surface area (Å²) in [6.45, 7) is 5.47. The Kier molecular flexibility index (Phi) is 4.95. The Morgan fingerprint density at radius 2 is 1.68 bits per heavy atom. The van der Waals surface area contributed by atoms with E-state index in [-0.39, 0.29) is 5.43 Å². The lowest BCUT2D eigenvalue weighted by atomic mass is 10.1. The molecule has 3 rings (SSSR count). The first-order chi connectivity index (χ1) is 12.2. The third-order valence-electron chi connectivity index (χ3n) is 4.23. The molecule has 128 valence electrons. The van der Waals surface area contributed by atoms with E-state index in [9.17, 15) is 4.79 Å². The summed E-state index contributed by atoms with van der Waals surface area (Å²) < 4.78 is 13.0. The molecule has 0 bridgehead atoms. The van der Waals surface area contributed by atoms with Crippen LogP contribution in [0.15, 0.2) is 41.2 Å². The Labute approximate surface area is 147 Å². The number of unbranched alkanes of at least 4 members (excludes halogenated alkanes) is 1. The van der Waals surface area contributed by atoms with Gasteiger partial charge in [0.05, 0.1) is 17.6 Å². The van der Waals surface area contributed by atoms with Crippen LogP contribution in [0.3, 0.4) is 0 Å². The molecule has 4 nitrogen and oxygen atoms in total. The standard InChI is InChI=1S/C21H21NO3/c1-4-7-12-22-19-13-15(24-5-2)8-10-17(19)21(23)18-11-9-16(25-6-3)14-20(18)22/h2,8-11,13-14H,4,6-7,12H2,1,3H3. The van der Waals surface area contributed by atoms with E-state index in [0.29, 0.717) is 23.1 Å². The van der Waals surface area contributed by atoms with E-state index < -0.39 is 0 Å². The minimum atomic E-state index is 0.00746. The van der Waals surface area contributed by atoms with E-state index in [4.69, 9.17) is 15.9 Å².